The smallest absolute Gasteiger partial charge is 0.265 e. The van der Waals surface area contributed by atoms with Crippen LogP contribution in [0, 0.1) is 6.92 Å². The van der Waals surface area contributed by atoms with Gasteiger partial charge in [0.1, 0.15) is 5.75 Å². The maximum atomic E-state index is 12.7. The van der Waals surface area contributed by atoms with Crippen molar-refractivity contribution in [1.82, 2.24) is 4.98 Å². The number of carbonyl (C=O) groups is 2. The first-order chi connectivity index (χ1) is 12.0. The second kappa shape index (κ2) is 5.66. The monoisotopic (exact) mass is 335 g/mol. The lowest BCUT2D eigenvalue weighted by molar-refractivity contribution is -0.122. The number of amides is 2. The van der Waals surface area contributed by atoms with Gasteiger partial charge >= 0.3 is 0 Å². The van der Waals surface area contributed by atoms with Crippen LogP contribution < -0.4 is 15.4 Å². The molecule has 0 aliphatic carbocycles. The number of anilines is 2. The molecule has 25 heavy (non-hydrogen) atoms. The summed E-state index contributed by atoms with van der Waals surface area (Å²) in [4.78, 5) is 27.7. The maximum absolute atomic E-state index is 12.7. The van der Waals surface area contributed by atoms with Crippen molar-refractivity contribution in [2.24, 2.45) is 0 Å². The fourth-order valence-electron chi connectivity index (χ4n) is 3.05. The van der Waals surface area contributed by atoms with E-state index >= 15 is 0 Å². The van der Waals surface area contributed by atoms with E-state index < -0.39 is 6.10 Å². The van der Waals surface area contributed by atoms with Gasteiger partial charge in [-0.05, 0) is 38.1 Å². The van der Waals surface area contributed by atoms with Gasteiger partial charge in [-0.15, -0.1) is 0 Å². The first-order valence-electron chi connectivity index (χ1n) is 8.03. The van der Waals surface area contributed by atoms with Crippen molar-refractivity contribution in [3.8, 4) is 5.75 Å². The minimum atomic E-state index is -0.526. The topological polar surface area (TPSA) is 83.2 Å². The number of benzene rings is 2. The van der Waals surface area contributed by atoms with Crippen LogP contribution in [0.4, 0.5) is 11.4 Å². The van der Waals surface area contributed by atoms with E-state index in [2.05, 4.69) is 15.6 Å². The van der Waals surface area contributed by atoms with Gasteiger partial charge in [-0.1, -0.05) is 18.2 Å². The molecule has 2 heterocycles. The SMILES string of the molecule is Cc1[nH]c2ccccc2c1C(=O)Nc1ccc2c(c1)NC(=O)[C@@H](C)O2. The molecule has 1 atom stereocenters. The van der Waals surface area contributed by atoms with Crippen molar-refractivity contribution in [1.29, 1.82) is 0 Å². The quantitative estimate of drug-likeness (QED) is 0.671. The Hall–Kier alpha value is -3.28. The molecule has 6 heteroatoms. The number of ether oxygens (including phenoxy) is 1. The number of H-pyrrole nitrogens is 1. The highest BCUT2D eigenvalue weighted by Gasteiger charge is 2.24. The molecule has 2 amide bonds. The van der Waals surface area contributed by atoms with E-state index in [9.17, 15) is 9.59 Å². The van der Waals surface area contributed by atoms with Crippen LogP contribution in [-0.4, -0.2) is 22.9 Å². The molecule has 1 aliphatic rings. The molecular weight excluding hydrogens is 318 g/mol. The third-order valence-electron chi connectivity index (χ3n) is 4.29. The van der Waals surface area contributed by atoms with Gasteiger partial charge in [0.05, 0.1) is 11.3 Å². The van der Waals surface area contributed by atoms with Crippen LogP contribution in [-0.2, 0) is 4.79 Å². The molecule has 1 aromatic heterocycles. The van der Waals surface area contributed by atoms with Crippen LogP contribution in [0.1, 0.15) is 23.0 Å². The lowest BCUT2D eigenvalue weighted by Crippen LogP contribution is -2.34. The Morgan fingerprint density at radius 3 is 2.84 bits per heavy atom. The largest absolute Gasteiger partial charge is 0.479 e. The summed E-state index contributed by atoms with van der Waals surface area (Å²) in [5.41, 5.74) is 3.48. The summed E-state index contributed by atoms with van der Waals surface area (Å²) in [6, 6.07) is 12.9. The summed E-state index contributed by atoms with van der Waals surface area (Å²) in [5, 5.41) is 6.54. The minimum Gasteiger partial charge on any atom is -0.479 e. The fraction of sp³-hybridized carbons (Fsp3) is 0.158. The van der Waals surface area contributed by atoms with Crippen LogP contribution in [0.5, 0.6) is 5.75 Å². The molecule has 0 radical (unpaired) electrons. The Labute approximate surface area is 144 Å². The van der Waals surface area contributed by atoms with Gasteiger partial charge in [0.15, 0.2) is 6.10 Å². The highest BCUT2D eigenvalue weighted by atomic mass is 16.5. The Morgan fingerprint density at radius 1 is 1.20 bits per heavy atom. The Morgan fingerprint density at radius 2 is 2.00 bits per heavy atom. The number of rotatable bonds is 2. The Balaban J connectivity index is 1.64. The van der Waals surface area contributed by atoms with Crippen LogP contribution in [0.25, 0.3) is 10.9 Å². The average Bonchev–Trinajstić information content (AvgIpc) is 2.92. The highest BCUT2D eigenvalue weighted by Crippen LogP contribution is 2.32. The zero-order valence-electron chi connectivity index (χ0n) is 13.8. The predicted octanol–water partition coefficient (Wildman–Crippen LogP) is 3.45. The number of hydrogen-bond acceptors (Lipinski definition) is 3. The van der Waals surface area contributed by atoms with Gasteiger partial charge in [0, 0.05) is 22.3 Å². The minimum absolute atomic E-state index is 0.202. The van der Waals surface area contributed by atoms with Crippen LogP contribution in [0.3, 0.4) is 0 Å². The van der Waals surface area contributed by atoms with E-state index in [0.717, 1.165) is 16.6 Å². The van der Waals surface area contributed by atoms with E-state index in [0.29, 0.717) is 22.7 Å². The van der Waals surface area contributed by atoms with Crippen molar-refractivity contribution >= 4 is 34.1 Å². The van der Waals surface area contributed by atoms with E-state index in [1.807, 2.05) is 31.2 Å². The fourth-order valence-corrected chi connectivity index (χ4v) is 3.05. The number of aromatic nitrogens is 1. The van der Waals surface area contributed by atoms with E-state index in [1.165, 1.54) is 0 Å². The zero-order valence-corrected chi connectivity index (χ0v) is 13.8. The number of hydrogen-bond donors (Lipinski definition) is 3. The number of aromatic amines is 1. The van der Waals surface area contributed by atoms with Gasteiger partial charge in [0.2, 0.25) is 0 Å². The van der Waals surface area contributed by atoms with E-state index in [4.69, 9.17) is 4.74 Å². The first kappa shape index (κ1) is 15.3. The average molecular weight is 335 g/mol. The van der Waals surface area contributed by atoms with Crippen LogP contribution >= 0.6 is 0 Å². The van der Waals surface area contributed by atoms with Gasteiger partial charge in [-0.2, -0.15) is 0 Å². The summed E-state index contributed by atoms with van der Waals surface area (Å²) in [6.07, 6.45) is -0.526. The van der Waals surface area contributed by atoms with Gasteiger partial charge in [-0.3, -0.25) is 9.59 Å². The molecule has 126 valence electrons. The lowest BCUT2D eigenvalue weighted by atomic mass is 10.1. The second-order valence-corrected chi connectivity index (χ2v) is 6.08. The van der Waals surface area contributed by atoms with E-state index in [1.54, 1.807) is 25.1 Å². The molecule has 0 saturated carbocycles. The first-order valence-corrected chi connectivity index (χ1v) is 8.03. The molecule has 2 aromatic carbocycles. The third kappa shape index (κ3) is 2.61. The van der Waals surface area contributed by atoms with Gasteiger partial charge in [-0.25, -0.2) is 0 Å². The van der Waals surface area contributed by atoms with Gasteiger partial charge in [0.25, 0.3) is 11.8 Å². The number of nitrogens with one attached hydrogen (secondary N) is 3. The third-order valence-corrected chi connectivity index (χ3v) is 4.29. The zero-order chi connectivity index (χ0) is 17.6. The number of carbonyl (C=O) groups excluding carboxylic acids is 2. The second-order valence-electron chi connectivity index (χ2n) is 6.08. The standard InChI is InChI=1S/C19H17N3O3/c1-10-17(13-5-3-4-6-14(13)20-10)19(24)21-12-7-8-16-15(9-12)22-18(23)11(2)25-16/h3-9,11,20H,1-2H3,(H,21,24)(H,22,23)/t11-/m1/s1. The Kier molecular flexibility index (Phi) is 3.46. The normalized spacial score (nSPS) is 16.1. The number of fused-ring (bicyclic) bond motifs is 2. The summed E-state index contributed by atoms with van der Waals surface area (Å²) in [6.45, 7) is 3.56. The van der Waals surface area contributed by atoms with Gasteiger partial charge < -0.3 is 20.4 Å². The van der Waals surface area contributed by atoms with Crippen molar-refractivity contribution < 1.29 is 14.3 Å². The molecule has 1 aliphatic heterocycles. The molecule has 0 saturated heterocycles. The van der Waals surface area contributed by atoms with Crippen LogP contribution in [0.2, 0.25) is 0 Å². The molecule has 0 fully saturated rings. The molecular formula is C19H17N3O3. The summed E-state index contributed by atoms with van der Waals surface area (Å²) < 4.78 is 5.52. The van der Waals surface area contributed by atoms with E-state index in [-0.39, 0.29) is 11.8 Å². The molecule has 4 rings (SSSR count). The van der Waals surface area contributed by atoms with Crippen LogP contribution in [0.15, 0.2) is 42.5 Å². The maximum Gasteiger partial charge on any atom is 0.265 e. The number of aryl methyl sites for hydroxylation is 1. The van der Waals surface area contributed by atoms with Crippen molar-refractivity contribution in [2.45, 2.75) is 20.0 Å². The summed E-state index contributed by atoms with van der Waals surface area (Å²) in [7, 11) is 0. The lowest BCUT2D eigenvalue weighted by Gasteiger charge is -2.23. The van der Waals surface area contributed by atoms with Crippen molar-refractivity contribution in [3.05, 3.63) is 53.7 Å². The Bertz CT molecular complexity index is 1010. The molecule has 0 unspecified atom stereocenters. The molecule has 3 aromatic rings. The molecule has 3 N–H and O–H groups in total. The van der Waals surface area contributed by atoms with Crippen molar-refractivity contribution in [3.63, 3.8) is 0 Å². The highest BCUT2D eigenvalue weighted by molar-refractivity contribution is 6.14. The van der Waals surface area contributed by atoms with Crippen molar-refractivity contribution in [2.75, 3.05) is 10.6 Å². The number of para-hydroxylation sites is 1. The summed E-state index contributed by atoms with van der Waals surface area (Å²) in [5.74, 6) is 0.183. The molecule has 0 bridgehead atoms. The predicted molar refractivity (Wildman–Crippen MR) is 96.2 cm³/mol. The molecule has 0 spiro atoms. The summed E-state index contributed by atoms with van der Waals surface area (Å²) >= 11 is 0. The molecule has 6 nitrogen and oxygen atoms in total.